The zero-order valence-corrected chi connectivity index (χ0v) is 15.9. The molecule has 0 atom stereocenters. The van der Waals surface area contributed by atoms with E-state index in [2.05, 4.69) is 20.6 Å². The lowest BCUT2D eigenvalue weighted by molar-refractivity contribution is -0.127. The van der Waals surface area contributed by atoms with E-state index < -0.39 is 0 Å². The first-order valence-corrected chi connectivity index (χ1v) is 9.06. The molecule has 0 saturated carbocycles. The number of aliphatic imine (C=N–C) groups is 1. The molecule has 0 unspecified atom stereocenters. The van der Waals surface area contributed by atoms with E-state index in [0.29, 0.717) is 12.6 Å². The molecule has 0 aliphatic heterocycles. The van der Waals surface area contributed by atoms with Gasteiger partial charge in [-0.1, -0.05) is 0 Å². The van der Waals surface area contributed by atoms with Gasteiger partial charge in [-0.2, -0.15) is 0 Å². The van der Waals surface area contributed by atoms with Crippen LogP contribution in [-0.2, 0) is 16.0 Å². The molecule has 0 saturated heterocycles. The molecule has 1 rings (SSSR count). The summed E-state index contributed by atoms with van der Waals surface area (Å²) in [5.41, 5.74) is 0. The molecule has 1 aromatic rings. The van der Waals surface area contributed by atoms with Crippen LogP contribution in [0.1, 0.15) is 23.2 Å². The lowest BCUT2D eigenvalue weighted by Gasteiger charge is -2.13. The van der Waals surface area contributed by atoms with E-state index in [0.717, 1.165) is 37.5 Å². The Bertz CT molecular complexity index is 516. The van der Waals surface area contributed by atoms with E-state index in [1.807, 2.05) is 20.0 Å². The first kappa shape index (κ1) is 20.4. The van der Waals surface area contributed by atoms with Crippen molar-refractivity contribution in [2.24, 2.45) is 4.99 Å². The second-order valence-corrected chi connectivity index (χ2v) is 6.79. The molecule has 8 heteroatoms. The van der Waals surface area contributed by atoms with Crippen LogP contribution in [0.3, 0.4) is 0 Å². The molecule has 0 aliphatic rings. The van der Waals surface area contributed by atoms with Gasteiger partial charge in [0.2, 0.25) is 5.91 Å². The van der Waals surface area contributed by atoms with Gasteiger partial charge in [-0.25, -0.2) is 9.98 Å². The first-order chi connectivity index (χ1) is 11.5. The number of amides is 1. The maximum Gasteiger partial charge on any atom is 0.243 e. The number of hydrogen-bond acceptors (Lipinski definition) is 5. The Balaban J connectivity index is 2.43. The summed E-state index contributed by atoms with van der Waals surface area (Å²) in [4.78, 5) is 23.1. The van der Waals surface area contributed by atoms with Crippen molar-refractivity contribution in [3.63, 3.8) is 0 Å². The molecule has 0 aromatic carbocycles. The SMILES string of the molecule is CCOCCCNC(=NCC(=O)N(C)C)NCCc1ncc(C)s1. The van der Waals surface area contributed by atoms with Crippen LogP contribution in [0.15, 0.2) is 11.2 Å². The lowest BCUT2D eigenvalue weighted by atomic mass is 10.4. The van der Waals surface area contributed by atoms with Crippen molar-refractivity contribution in [2.75, 3.05) is 46.9 Å². The Kier molecular flexibility index (Phi) is 10.0. The third kappa shape index (κ3) is 8.83. The van der Waals surface area contributed by atoms with E-state index in [-0.39, 0.29) is 12.5 Å². The number of carbonyl (C=O) groups is 1. The van der Waals surface area contributed by atoms with Crippen LogP contribution in [0.25, 0.3) is 0 Å². The summed E-state index contributed by atoms with van der Waals surface area (Å²) < 4.78 is 5.32. The summed E-state index contributed by atoms with van der Waals surface area (Å²) in [5, 5.41) is 7.59. The molecule has 24 heavy (non-hydrogen) atoms. The van der Waals surface area contributed by atoms with Gasteiger partial charge in [-0.05, 0) is 20.3 Å². The maximum atomic E-state index is 11.7. The highest BCUT2D eigenvalue weighted by atomic mass is 32.1. The predicted molar refractivity (Wildman–Crippen MR) is 98.7 cm³/mol. The monoisotopic (exact) mass is 355 g/mol. The molecule has 1 aromatic heterocycles. The number of ether oxygens (including phenoxy) is 1. The Morgan fingerprint density at radius 2 is 2.12 bits per heavy atom. The number of aryl methyl sites for hydroxylation is 1. The Labute approximate surface area is 148 Å². The van der Waals surface area contributed by atoms with Gasteiger partial charge in [-0.3, -0.25) is 4.79 Å². The Morgan fingerprint density at radius 1 is 1.38 bits per heavy atom. The van der Waals surface area contributed by atoms with Gasteiger partial charge in [-0.15, -0.1) is 11.3 Å². The van der Waals surface area contributed by atoms with Gasteiger partial charge in [0.1, 0.15) is 6.54 Å². The van der Waals surface area contributed by atoms with Gasteiger partial charge in [0.15, 0.2) is 5.96 Å². The molecular formula is C16H29N5O2S. The van der Waals surface area contributed by atoms with Crippen LogP contribution in [0, 0.1) is 6.92 Å². The number of thiazole rings is 1. The van der Waals surface area contributed by atoms with Crippen molar-refractivity contribution in [1.82, 2.24) is 20.5 Å². The largest absolute Gasteiger partial charge is 0.382 e. The van der Waals surface area contributed by atoms with E-state index in [1.54, 1.807) is 25.4 Å². The average molecular weight is 356 g/mol. The van der Waals surface area contributed by atoms with Crippen molar-refractivity contribution in [1.29, 1.82) is 0 Å². The number of likely N-dealkylation sites (N-methyl/N-ethyl adjacent to an activating group) is 1. The number of nitrogens with one attached hydrogen (secondary N) is 2. The normalized spacial score (nSPS) is 11.4. The zero-order chi connectivity index (χ0) is 17.8. The van der Waals surface area contributed by atoms with Gasteiger partial charge < -0.3 is 20.3 Å². The van der Waals surface area contributed by atoms with Crippen LogP contribution >= 0.6 is 11.3 Å². The molecule has 136 valence electrons. The fraction of sp³-hybridized carbons (Fsp3) is 0.688. The first-order valence-electron chi connectivity index (χ1n) is 8.24. The predicted octanol–water partition coefficient (Wildman–Crippen LogP) is 1.04. The number of nitrogens with zero attached hydrogens (tertiary/aromatic N) is 3. The second kappa shape index (κ2) is 11.8. The summed E-state index contributed by atoms with van der Waals surface area (Å²) >= 11 is 1.70. The van der Waals surface area contributed by atoms with Gasteiger partial charge in [0, 0.05) is 57.9 Å². The smallest absolute Gasteiger partial charge is 0.243 e. The van der Waals surface area contributed by atoms with Crippen molar-refractivity contribution < 1.29 is 9.53 Å². The van der Waals surface area contributed by atoms with Crippen molar-refractivity contribution >= 4 is 23.2 Å². The van der Waals surface area contributed by atoms with Gasteiger partial charge >= 0.3 is 0 Å². The Morgan fingerprint density at radius 3 is 2.75 bits per heavy atom. The number of carbonyl (C=O) groups excluding carboxylic acids is 1. The highest BCUT2D eigenvalue weighted by Crippen LogP contribution is 2.10. The molecule has 0 radical (unpaired) electrons. The van der Waals surface area contributed by atoms with Crippen LogP contribution in [0.2, 0.25) is 0 Å². The van der Waals surface area contributed by atoms with E-state index in [9.17, 15) is 4.79 Å². The van der Waals surface area contributed by atoms with Crippen molar-refractivity contribution in [3.05, 3.63) is 16.1 Å². The molecule has 0 aliphatic carbocycles. The summed E-state index contributed by atoms with van der Waals surface area (Å²) in [5.74, 6) is 0.621. The molecule has 2 N–H and O–H groups in total. The molecule has 1 amide bonds. The molecule has 7 nitrogen and oxygen atoms in total. The molecule has 1 heterocycles. The van der Waals surface area contributed by atoms with Gasteiger partial charge in [0.25, 0.3) is 0 Å². The second-order valence-electron chi connectivity index (χ2n) is 5.47. The summed E-state index contributed by atoms with van der Waals surface area (Å²) in [6, 6.07) is 0. The minimum atomic E-state index is -0.0269. The third-order valence-corrected chi connectivity index (χ3v) is 4.11. The third-order valence-electron chi connectivity index (χ3n) is 3.13. The van der Waals surface area contributed by atoms with E-state index in [4.69, 9.17) is 4.74 Å². The van der Waals surface area contributed by atoms with E-state index in [1.165, 1.54) is 9.78 Å². The van der Waals surface area contributed by atoms with Crippen molar-refractivity contribution in [3.8, 4) is 0 Å². The van der Waals surface area contributed by atoms with Crippen molar-refractivity contribution in [2.45, 2.75) is 26.7 Å². The van der Waals surface area contributed by atoms with Crippen LogP contribution in [-0.4, -0.2) is 68.7 Å². The topological polar surface area (TPSA) is 78.8 Å². The minimum absolute atomic E-state index is 0.0269. The fourth-order valence-corrected chi connectivity index (χ4v) is 2.58. The summed E-state index contributed by atoms with van der Waals surface area (Å²) in [6.07, 6.45) is 3.61. The highest BCUT2D eigenvalue weighted by Gasteiger charge is 2.05. The molecule has 0 fully saturated rings. The number of aromatic nitrogens is 1. The summed E-state index contributed by atoms with van der Waals surface area (Å²) in [7, 11) is 3.45. The molecule has 0 spiro atoms. The molecule has 0 bridgehead atoms. The van der Waals surface area contributed by atoms with Crippen LogP contribution in [0.4, 0.5) is 0 Å². The van der Waals surface area contributed by atoms with Gasteiger partial charge in [0.05, 0.1) is 5.01 Å². The standard InChI is InChI=1S/C16H29N5O2S/c1-5-23-10-6-8-17-16(20-12-15(22)21(3)4)18-9-7-14-19-11-13(2)24-14/h11H,5-10,12H2,1-4H3,(H2,17,18,20). The lowest BCUT2D eigenvalue weighted by Crippen LogP contribution is -2.40. The average Bonchev–Trinajstić information content (AvgIpc) is 2.96. The van der Waals surface area contributed by atoms with E-state index >= 15 is 0 Å². The Hall–Kier alpha value is -1.67. The zero-order valence-electron chi connectivity index (χ0n) is 15.1. The highest BCUT2D eigenvalue weighted by molar-refractivity contribution is 7.11. The number of rotatable bonds is 10. The molecular weight excluding hydrogens is 326 g/mol. The fourth-order valence-electron chi connectivity index (χ4n) is 1.79. The van der Waals surface area contributed by atoms with Crippen LogP contribution in [0.5, 0.6) is 0 Å². The summed E-state index contributed by atoms with van der Waals surface area (Å²) in [6.45, 7) is 7.07. The quantitative estimate of drug-likeness (QED) is 0.372. The number of guanidine groups is 1. The number of hydrogen-bond donors (Lipinski definition) is 2. The minimum Gasteiger partial charge on any atom is -0.382 e. The maximum absolute atomic E-state index is 11.7. The van der Waals surface area contributed by atoms with Crippen LogP contribution < -0.4 is 10.6 Å².